The zero-order valence-electron chi connectivity index (χ0n) is 15.6. The summed E-state index contributed by atoms with van der Waals surface area (Å²) in [6.07, 6.45) is -4.49. The van der Waals surface area contributed by atoms with Crippen molar-refractivity contribution in [3.63, 3.8) is 0 Å². The van der Waals surface area contributed by atoms with Crippen LogP contribution in [-0.4, -0.2) is 33.2 Å². The first-order valence-corrected chi connectivity index (χ1v) is 7.10. The van der Waals surface area contributed by atoms with Gasteiger partial charge in [-0.25, -0.2) is 4.79 Å². The molecule has 176 valence electrons. The number of hydrogen-bond donors (Lipinski definition) is 3. The number of anilines is 2. The molecule has 0 saturated carbocycles. The zero-order valence-corrected chi connectivity index (χ0v) is 15.6. The molecule has 0 saturated heterocycles. The molecule has 15 heteroatoms. The average molecular weight is 462 g/mol. The summed E-state index contributed by atoms with van der Waals surface area (Å²) in [6.45, 7) is 1.99. The van der Waals surface area contributed by atoms with Gasteiger partial charge in [-0.05, 0) is 24.1 Å². The smallest absolute Gasteiger partial charge is 0.475 e. The molecule has 0 bridgehead atoms. The van der Waals surface area contributed by atoms with Crippen LogP contribution in [0.25, 0.3) is 0 Å². The van der Waals surface area contributed by atoms with Crippen molar-refractivity contribution in [3.8, 4) is 17.7 Å². The predicted octanol–water partition coefficient (Wildman–Crippen LogP) is 1.56. The van der Waals surface area contributed by atoms with E-state index in [2.05, 4.69) is 4.98 Å². The van der Waals surface area contributed by atoms with Gasteiger partial charge < -0.3 is 32.3 Å². The summed E-state index contributed by atoms with van der Waals surface area (Å²) in [5.74, 6) is -1.49. The first-order valence-electron chi connectivity index (χ1n) is 7.10. The van der Waals surface area contributed by atoms with Crippen LogP contribution in [-0.2, 0) is 11.2 Å². The molecule has 31 heavy (non-hydrogen) atoms. The fraction of sp³-hybridized carbons (Fsp3) is 0.188. The third kappa shape index (κ3) is 7.53. The number of carboxylic acids is 1. The summed E-state index contributed by atoms with van der Waals surface area (Å²) >= 11 is 0. The summed E-state index contributed by atoms with van der Waals surface area (Å²) in [6, 6.07) is 7.94. The van der Waals surface area contributed by atoms with Crippen LogP contribution in [0.4, 0.5) is 38.8 Å². The molecule has 0 radical (unpaired) electrons. The molecule has 1 aliphatic heterocycles. The van der Waals surface area contributed by atoms with Crippen molar-refractivity contribution >= 4 is 17.5 Å². The Balaban J connectivity index is -0.000000270. The molecule has 9 N–H and O–H groups in total. The highest BCUT2D eigenvalue weighted by Gasteiger charge is 2.38. The minimum atomic E-state index is -5.08. The molecule has 0 fully saturated rings. The van der Waals surface area contributed by atoms with E-state index in [4.69, 9.17) is 31.4 Å². The SMILES string of the molecule is Cc1ccc2c(c1)Oc1nc(N)c(C#N)c(N)c1C2.F.F.F.O.O.O=C(O)C(F)(F)F. The molecule has 0 spiro atoms. The van der Waals surface area contributed by atoms with E-state index in [1.807, 2.05) is 31.2 Å². The fourth-order valence-electron chi connectivity index (χ4n) is 2.21. The van der Waals surface area contributed by atoms with Gasteiger partial charge in [-0.2, -0.15) is 23.4 Å². The Morgan fingerprint density at radius 1 is 1.23 bits per heavy atom. The van der Waals surface area contributed by atoms with Crippen molar-refractivity contribution in [1.29, 1.82) is 5.26 Å². The Labute approximate surface area is 170 Å². The van der Waals surface area contributed by atoms with E-state index in [-0.39, 0.29) is 36.4 Å². The largest absolute Gasteiger partial charge is 0.490 e. The highest BCUT2D eigenvalue weighted by atomic mass is 19.4. The minimum Gasteiger partial charge on any atom is -0.475 e. The molecule has 0 aliphatic carbocycles. The second-order valence-electron chi connectivity index (χ2n) is 5.37. The number of aliphatic carboxylic acids is 1. The number of carboxylic acid groups (broad SMARTS) is 1. The normalized spacial score (nSPS) is 9.90. The van der Waals surface area contributed by atoms with Gasteiger partial charge in [0.15, 0.2) is 0 Å². The lowest BCUT2D eigenvalue weighted by molar-refractivity contribution is -0.192. The van der Waals surface area contributed by atoms with Crippen LogP contribution in [0.15, 0.2) is 18.2 Å². The molecule has 2 aromatic rings. The van der Waals surface area contributed by atoms with Crippen molar-refractivity contribution in [2.24, 2.45) is 0 Å². The summed E-state index contributed by atoms with van der Waals surface area (Å²) < 4.78 is 37.5. The van der Waals surface area contributed by atoms with Gasteiger partial charge in [-0.3, -0.25) is 14.1 Å². The number of nitriles is 1. The number of benzene rings is 1. The number of fused-ring (bicyclic) bond motifs is 2. The number of nitrogens with two attached hydrogens (primary N) is 2. The maximum absolute atomic E-state index is 10.6. The Morgan fingerprint density at radius 2 is 1.74 bits per heavy atom. The molecular formula is C16H20F6N4O5. The van der Waals surface area contributed by atoms with Crippen molar-refractivity contribution in [3.05, 3.63) is 40.5 Å². The van der Waals surface area contributed by atoms with Crippen LogP contribution in [0, 0.1) is 18.3 Å². The molecule has 2 heterocycles. The Bertz CT molecular complexity index is 934. The van der Waals surface area contributed by atoms with Gasteiger partial charge in [0.05, 0.1) is 5.69 Å². The van der Waals surface area contributed by atoms with Crippen LogP contribution in [0.2, 0.25) is 0 Å². The molecule has 1 aromatic heterocycles. The number of nitrogens with zero attached hydrogens (tertiary/aromatic N) is 2. The number of aromatic nitrogens is 1. The lowest BCUT2D eigenvalue weighted by atomic mass is 9.98. The maximum atomic E-state index is 10.6. The number of alkyl halides is 3. The zero-order chi connectivity index (χ0) is 19.6. The fourth-order valence-corrected chi connectivity index (χ4v) is 2.21. The van der Waals surface area contributed by atoms with Gasteiger partial charge >= 0.3 is 12.1 Å². The lowest BCUT2D eigenvalue weighted by Crippen LogP contribution is -2.21. The third-order valence-corrected chi connectivity index (χ3v) is 3.48. The topological polar surface area (TPSA) is 198 Å². The number of nitrogen functional groups attached to an aromatic ring is 2. The van der Waals surface area contributed by atoms with Gasteiger partial charge in [-0.15, -0.1) is 0 Å². The summed E-state index contributed by atoms with van der Waals surface area (Å²) in [7, 11) is 0. The average Bonchev–Trinajstić information content (AvgIpc) is 2.53. The maximum Gasteiger partial charge on any atom is 0.490 e. The number of pyridine rings is 1. The number of aryl methyl sites for hydroxylation is 1. The van der Waals surface area contributed by atoms with Gasteiger partial charge in [0.25, 0.3) is 0 Å². The molecule has 0 unspecified atom stereocenters. The molecule has 1 aliphatic rings. The monoisotopic (exact) mass is 462 g/mol. The number of hydrogen-bond acceptors (Lipinski definition) is 6. The van der Waals surface area contributed by atoms with Crippen LogP contribution in [0.3, 0.4) is 0 Å². The molecule has 1 aromatic carbocycles. The van der Waals surface area contributed by atoms with Crippen LogP contribution in [0.1, 0.15) is 22.3 Å². The standard InChI is InChI=1S/C14H12N4O.C2HF3O2.3FH.2H2O/c1-7-2-3-8-5-9-12(16)10(6-15)13(17)18-14(9)19-11(8)4-7;3-2(4,5)1(6)7;;;;;/h2-4H,5H2,1H3,(H4,16,17,18);(H,6,7);3*1H;2*1H2. The van der Waals surface area contributed by atoms with E-state index in [0.717, 1.165) is 22.4 Å². The molecule has 9 nitrogen and oxygen atoms in total. The van der Waals surface area contributed by atoms with Gasteiger partial charge in [0.2, 0.25) is 5.88 Å². The third-order valence-electron chi connectivity index (χ3n) is 3.48. The number of ether oxygens (including phenoxy) is 1. The van der Waals surface area contributed by atoms with Gasteiger partial charge in [0, 0.05) is 12.0 Å². The second kappa shape index (κ2) is 12.7. The van der Waals surface area contributed by atoms with E-state index in [0.29, 0.717) is 18.0 Å². The predicted molar refractivity (Wildman–Crippen MR) is 100 cm³/mol. The van der Waals surface area contributed by atoms with E-state index < -0.39 is 12.1 Å². The highest BCUT2D eigenvalue weighted by Crippen LogP contribution is 2.40. The van der Waals surface area contributed by atoms with Crippen molar-refractivity contribution in [2.45, 2.75) is 19.5 Å². The molecule has 0 atom stereocenters. The lowest BCUT2D eigenvalue weighted by Gasteiger charge is -2.21. The Morgan fingerprint density at radius 3 is 2.19 bits per heavy atom. The molecule has 0 amide bonds. The van der Waals surface area contributed by atoms with E-state index in [1.54, 1.807) is 0 Å². The van der Waals surface area contributed by atoms with Crippen LogP contribution >= 0.6 is 0 Å². The summed E-state index contributed by atoms with van der Waals surface area (Å²) in [5, 5.41) is 16.2. The van der Waals surface area contributed by atoms with E-state index in [1.165, 1.54) is 0 Å². The Kier molecular flexibility index (Phi) is 14.2. The highest BCUT2D eigenvalue weighted by molar-refractivity contribution is 5.73. The van der Waals surface area contributed by atoms with E-state index >= 15 is 0 Å². The van der Waals surface area contributed by atoms with Crippen molar-refractivity contribution < 1.29 is 52.9 Å². The second-order valence-corrected chi connectivity index (χ2v) is 5.37. The first-order chi connectivity index (χ1) is 12.0. The van der Waals surface area contributed by atoms with Crippen molar-refractivity contribution in [2.75, 3.05) is 11.5 Å². The van der Waals surface area contributed by atoms with E-state index in [9.17, 15) is 13.2 Å². The van der Waals surface area contributed by atoms with Crippen LogP contribution in [0.5, 0.6) is 11.6 Å². The summed E-state index contributed by atoms with van der Waals surface area (Å²) in [4.78, 5) is 13.0. The number of halogens is 6. The Hall–Kier alpha value is -3.77. The number of carbonyl (C=O) groups is 1. The van der Waals surface area contributed by atoms with Crippen molar-refractivity contribution in [1.82, 2.24) is 4.98 Å². The first kappa shape index (κ1) is 34.7. The summed E-state index contributed by atoms with van der Waals surface area (Å²) in [5.41, 5.74) is 15.1. The van der Waals surface area contributed by atoms with Crippen LogP contribution < -0.4 is 16.2 Å². The van der Waals surface area contributed by atoms with Gasteiger partial charge in [-0.1, -0.05) is 12.1 Å². The minimum absolute atomic E-state index is 0. The van der Waals surface area contributed by atoms with Gasteiger partial charge in [0.1, 0.15) is 23.2 Å². The molecular weight excluding hydrogens is 442 g/mol. The quantitative estimate of drug-likeness (QED) is 0.421. The number of rotatable bonds is 0. The molecule has 3 rings (SSSR count).